The van der Waals surface area contributed by atoms with Gasteiger partial charge in [-0.05, 0) is 35.9 Å². The van der Waals surface area contributed by atoms with Gasteiger partial charge in [0.25, 0.3) is 0 Å². The minimum absolute atomic E-state index is 0.244. The van der Waals surface area contributed by atoms with Crippen molar-refractivity contribution in [2.75, 3.05) is 27.9 Å². The molecular weight excluding hydrogens is 296 g/mol. The first-order valence-corrected chi connectivity index (χ1v) is 7.06. The molecule has 2 aromatic carbocycles. The van der Waals surface area contributed by atoms with E-state index in [9.17, 15) is 5.11 Å². The fourth-order valence-corrected chi connectivity index (χ4v) is 2.08. The van der Waals surface area contributed by atoms with Gasteiger partial charge in [-0.2, -0.15) is 0 Å². The Morgan fingerprint density at radius 3 is 2.09 bits per heavy atom. The van der Waals surface area contributed by atoms with Gasteiger partial charge >= 0.3 is 0 Å². The van der Waals surface area contributed by atoms with Crippen molar-refractivity contribution in [3.8, 4) is 23.0 Å². The van der Waals surface area contributed by atoms with Crippen molar-refractivity contribution < 1.29 is 24.1 Å². The molecule has 0 aliphatic heterocycles. The molecule has 122 valence electrons. The van der Waals surface area contributed by atoms with Crippen LogP contribution in [0.3, 0.4) is 0 Å². The van der Waals surface area contributed by atoms with Crippen LogP contribution in [0.25, 0.3) is 6.08 Å². The molecular formula is C18H20O5. The Bertz CT molecular complexity index is 679. The number of aliphatic hydroxyl groups excluding tert-OH is 1. The summed E-state index contributed by atoms with van der Waals surface area (Å²) in [4.78, 5) is 0. The molecule has 0 atom stereocenters. The first-order chi connectivity index (χ1) is 11.2. The van der Waals surface area contributed by atoms with Crippen LogP contribution >= 0.6 is 0 Å². The first kappa shape index (κ1) is 16.7. The second-order valence-corrected chi connectivity index (χ2v) is 4.64. The number of ether oxygens (including phenoxy) is 4. The maximum Gasteiger partial charge on any atom is 0.168 e. The number of rotatable bonds is 7. The van der Waals surface area contributed by atoms with E-state index in [2.05, 4.69) is 0 Å². The van der Waals surface area contributed by atoms with Gasteiger partial charge in [-0.15, -0.1) is 0 Å². The van der Waals surface area contributed by atoms with Crippen LogP contribution in [0, 0.1) is 0 Å². The quantitative estimate of drug-likeness (QED) is 0.795. The Labute approximate surface area is 135 Å². The van der Waals surface area contributed by atoms with Gasteiger partial charge in [-0.25, -0.2) is 0 Å². The molecule has 1 N–H and O–H groups in total. The van der Waals surface area contributed by atoms with E-state index >= 15 is 0 Å². The highest BCUT2D eigenvalue weighted by atomic mass is 16.5. The Morgan fingerprint density at radius 1 is 0.870 bits per heavy atom. The molecule has 0 aliphatic rings. The summed E-state index contributed by atoms with van der Waals surface area (Å²) in [6.45, 7) is -0.244. The van der Waals surface area contributed by atoms with Crippen molar-refractivity contribution in [1.82, 2.24) is 0 Å². The van der Waals surface area contributed by atoms with Crippen LogP contribution in [-0.4, -0.2) is 33.0 Å². The monoisotopic (exact) mass is 316 g/mol. The Morgan fingerprint density at radius 2 is 1.48 bits per heavy atom. The molecule has 23 heavy (non-hydrogen) atoms. The molecule has 0 unspecified atom stereocenters. The Kier molecular flexibility index (Phi) is 5.88. The van der Waals surface area contributed by atoms with Crippen molar-refractivity contribution in [3.63, 3.8) is 0 Å². The predicted molar refractivity (Wildman–Crippen MR) is 88.2 cm³/mol. The molecule has 0 bridgehead atoms. The Hall–Kier alpha value is -2.66. The zero-order valence-corrected chi connectivity index (χ0v) is 13.4. The second-order valence-electron chi connectivity index (χ2n) is 4.64. The molecule has 0 saturated carbocycles. The number of methoxy groups -OCH3 is 3. The minimum Gasteiger partial charge on any atom is -0.493 e. The van der Waals surface area contributed by atoms with Gasteiger partial charge in [-0.3, -0.25) is 0 Å². The SMILES string of the molecule is COc1ccc(/C=C(/CO)Oc2ccccc2OC)cc1OC. The third-order valence-corrected chi connectivity index (χ3v) is 3.20. The van der Waals surface area contributed by atoms with Gasteiger partial charge in [0.15, 0.2) is 23.0 Å². The number of aliphatic hydroxyl groups is 1. The maximum absolute atomic E-state index is 9.55. The average molecular weight is 316 g/mol. The summed E-state index contributed by atoms with van der Waals surface area (Å²) in [5.41, 5.74) is 0.821. The van der Waals surface area contributed by atoms with Gasteiger partial charge in [0, 0.05) is 0 Å². The standard InChI is InChI=1S/C18H20O5/c1-20-15-6-4-5-7-17(15)23-14(12-19)10-13-8-9-16(21-2)18(11-13)22-3/h4-11,19H,12H2,1-3H3/b14-10-. The van der Waals surface area contributed by atoms with Crippen LogP contribution in [0.4, 0.5) is 0 Å². The molecule has 5 nitrogen and oxygen atoms in total. The smallest absolute Gasteiger partial charge is 0.168 e. The predicted octanol–water partition coefficient (Wildman–Crippen LogP) is 3.12. The van der Waals surface area contributed by atoms with Crippen molar-refractivity contribution in [2.24, 2.45) is 0 Å². The summed E-state index contributed by atoms with van der Waals surface area (Å²) in [5.74, 6) is 2.77. The molecule has 0 aromatic heterocycles. The molecule has 0 amide bonds. The van der Waals surface area contributed by atoms with Crippen molar-refractivity contribution in [1.29, 1.82) is 0 Å². The highest BCUT2D eigenvalue weighted by Crippen LogP contribution is 2.30. The summed E-state index contributed by atoms with van der Waals surface area (Å²) in [7, 11) is 4.72. The van der Waals surface area contributed by atoms with Gasteiger partial charge in [0.1, 0.15) is 12.4 Å². The van der Waals surface area contributed by atoms with E-state index in [1.54, 1.807) is 51.7 Å². The molecule has 0 spiro atoms. The topological polar surface area (TPSA) is 57.2 Å². The Balaban J connectivity index is 2.28. The summed E-state index contributed by atoms with van der Waals surface area (Å²) in [5, 5.41) is 9.55. The summed E-state index contributed by atoms with van der Waals surface area (Å²) in [6.07, 6.45) is 1.73. The van der Waals surface area contributed by atoms with Crippen molar-refractivity contribution >= 4 is 6.08 Å². The van der Waals surface area contributed by atoms with E-state index < -0.39 is 0 Å². The van der Waals surface area contributed by atoms with E-state index in [0.717, 1.165) is 5.56 Å². The van der Waals surface area contributed by atoms with Crippen molar-refractivity contribution in [3.05, 3.63) is 53.8 Å². The second kappa shape index (κ2) is 8.10. The fraction of sp³-hybridized carbons (Fsp3) is 0.222. The lowest BCUT2D eigenvalue weighted by Crippen LogP contribution is -2.01. The number of para-hydroxylation sites is 2. The van der Waals surface area contributed by atoms with Crippen LogP contribution in [0.2, 0.25) is 0 Å². The lowest BCUT2D eigenvalue weighted by Gasteiger charge is -2.12. The van der Waals surface area contributed by atoms with Crippen LogP contribution in [-0.2, 0) is 0 Å². The third-order valence-electron chi connectivity index (χ3n) is 3.20. The lowest BCUT2D eigenvalue weighted by atomic mass is 10.2. The number of hydrogen-bond donors (Lipinski definition) is 1. The summed E-state index contributed by atoms with van der Waals surface area (Å²) in [6, 6.07) is 12.7. The number of hydrogen-bond acceptors (Lipinski definition) is 5. The molecule has 0 radical (unpaired) electrons. The van der Waals surface area contributed by atoms with E-state index in [4.69, 9.17) is 18.9 Å². The highest BCUT2D eigenvalue weighted by Gasteiger charge is 2.08. The van der Waals surface area contributed by atoms with Gasteiger partial charge in [0.05, 0.1) is 21.3 Å². The summed E-state index contributed by atoms with van der Waals surface area (Å²) >= 11 is 0. The van der Waals surface area contributed by atoms with E-state index in [0.29, 0.717) is 28.8 Å². The lowest BCUT2D eigenvalue weighted by molar-refractivity contribution is 0.260. The zero-order valence-electron chi connectivity index (χ0n) is 13.4. The largest absolute Gasteiger partial charge is 0.493 e. The van der Waals surface area contributed by atoms with E-state index in [1.807, 2.05) is 18.2 Å². The molecule has 5 heteroatoms. The summed E-state index contributed by atoms with van der Waals surface area (Å²) < 4.78 is 21.4. The molecule has 0 heterocycles. The fourth-order valence-electron chi connectivity index (χ4n) is 2.08. The van der Waals surface area contributed by atoms with Gasteiger partial charge in [0.2, 0.25) is 0 Å². The highest BCUT2D eigenvalue weighted by molar-refractivity contribution is 5.58. The molecule has 0 aliphatic carbocycles. The van der Waals surface area contributed by atoms with Crippen LogP contribution in [0.15, 0.2) is 48.2 Å². The van der Waals surface area contributed by atoms with Crippen molar-refractivity contribution in [2.45, 2.75) is 0 Å². The van der Waals surface area contributed by atoms with E-state index in [-0.39, 0.29) is 6.61 Å². The average Bonchev–Trinajstić information content (AvgIpc) is 2.61. The molecule has 0 saturated heterocycles. The third kappa shape index (κ3) is 4.17. The zero-order chi connectivity index (χ0) is 16.7. The van der Waals surface area contributed by atoms with Gasteiger partial charge in [-0.1, -0.05) is 18.2 Å². The first-order valence-electron chi connectivity index (χ1n) is 7.06. The molecule has 0 fully saturated rings. The van der Waals surface area contributed by atoms with Crippen LogP contribution < -0.4 is 18.9 Å². The minimum atomic E-state index is -0.244. The van der Waals surface area contributed by atoms with E-state index in [1.165, 1.54) is 0 Å². The van der Waals surface area contributed by atoms with Gasteiger partial charge < -0.3 is 24.1 Å². The van der Waals surface area contributed by atoms with Crippen LogP contribution in [0.1, 0.15) is 5.56 Å². The van der Waals surface area contributed by atoms with Crippen LogP contribution in [0.5, 0.6) is 23.0 Å². The number of benzene rings is 2. The molecule has 2 aromatic rings. The maximum atomic E-state index is 9.55. The molecule has 2 rings (SSSR count). The normalized spacial score (nSPS) is 11.0.